The Labute approximate surface area is 188 Å². The molecule has 6 N–H and O–H groups in total. The standard InChI is InChI=1S/C24H32N4O4/c1-3-9-25-11-13-27-15-5-6-16(28-14-12-26-10-4-2)20-19(15)23(31)21-17(29)7-8-18(30)22(21)24(20)32/h5-8,25-30H,3-4,9-14H2,1-2H3. The smallest absolute Gasteiger partial charge is 0.200 e. The molecule has 1 aliphatic carbocycles. The number of phenols is 2. The van der Waals surface area contributed by atoms with Crippen molar-refractivity contribution in [2.24, 2.45) is 0 Å². The summed E-state index contributed by atoms with van der Waals surface area (Å²) in [6.07, 6.45) is 2.05. The Bertz CT molecular complexity index is 912. The number of hydrogen-bond acceptors (Lipinski definition) is 8. The summed E-state index contributed by atoms with van der Waals surface area (Å²) in [5, 5.41) is 33.7. The third kappa shape index (κ3) is 4.87. The summed E-state index contributed by atoms with van der Waals surface area (Å²) in [7, 11) is 0. The highest BCUT2D eigenvalue weighted by atomic mass is 16.3. The molecule has 0 amide bonds. The van der Waals surface area contributed by atoms with Crippen LogP contribution in [0.2, 0.25) is 0 Å². The summed E-state index contributed by atoms with van der Waals surface area (Å²) in [6.45, 7) is 8.51. The van der Waals surface area contributed by atoms with E-state index in [9.17, 15) is 19.8 Å². The van der Waals surface area contributed by atoms with Crippen molar-refractivity contribution in [2.75, 3.05) is 49.9 Å². The Morgan fingerprint density at radius 1 is 0.594 bits per heavy atom. The van der Waals surface area contributed by atoms with E-state index in [1.165, 1.54) is 12.1 Å². The molecule has 8 heteroatoms. The number of carbonyl (C=O) groups is 2. The molecule has 0 atom stereocenters. The largest absolute Gasteiger partial charge is 0.507 e. The van der Waals surface area contributed by atoms with Gasteiger partial charge < -0.3 is 31.5 Å². The molecule has 0 bridgehead atoms. The summed E-state index contributed by atoms with van der Waals surface area (Å²) >= 11 is 0. The van der Waals surface area contributed by atoms with Crippen molar-refractivity contribution in [1.82, 2.24) is 10.6 Å². The molecule has 0 saturated heterocycles. The average Bonchev–Trinajstić information content (AvgIpc) is 2.78. The fourth-order valence-electron chi connectivity index (χ4n) is 3.83. The van der Waals surface area contributed by atoms with Gasteiger partial charge in [0.15, 0.2) is 0 Å². The molecule has 2 aromatic rings. The fourth-order valence-corrected chi connectivity index (χ4v) is 3.83. The van der Waals surface area contributed by atoms with E-state index in [1.807, 2.05) is 0 Å². The van der Waals surface area contributed by atoms with Crippen molar-refractivity contribution in [1.29, 1.82) is 0 Å². The van der Waals surface area contributed by atoms with Crippen molar-refractivity contribution in [3.8, 4) is 11.5 Å². The molecule has 172 valence electrons. The van der Waals surface area contributed by atoms with Crippen molar-refractivity contribution >= 4 is 22.9 Å². The van der Waals surface area contributed by atoms with Crippen LogP contribution in [0.25, 0.3) is 0 Å². The molecule has 8 nitrogen and oxygen atoms in total. The maximum Gasteiger partial charge on any atom is 0.200 e. The second-order valence-corrected chi connectivity index (χ2v) is 7.78. The van der Waals surface area contributed by atoms with Gasteiger partial charge in [-0.15, -0.1) is 0 Å². The number of hydrogen-bond donors (Lipinski definition) is 6. The third-order valence-corrected chi connectivity index (χ3v) is 5.36. The zero-order chi connectivity index (χ0) is 23.1. The molecule has 2 aromatic carbocycles. The summed E-state index contributed by atoms with van der Waals surface area (Å²) in [6, 6.07) is 6.01. The molecule has 0 spiro atoms. The predicted molar refractivity (Wildman–Crippen MR) is 126 cm³/mol. The monoisotopic (exact) mass is 440 g/mol. The van der Waals surface area contributed by atoms with Crippen LogP contribution in [-0.4, -0.2) is 61.0 Å². The van der Waals surface area contributed by atoms with Gasteiger partial charge in [0, 0.05) is 37.6 Å². The molecule has 0 unspecified atom stereocenters. The van der Waals surface area contributed by atoms with Crippen LogP contribution < -0.4 is 21.3 Å². The van der Waals surface area contributed by atoms with Crippen LogP contribution in [-0.2, 0) is 0 Å². The van der Waals surface area contributed by atoms with E-state index in [4.69, 9.17) is 0 Å². The SMILES string of the molecule is CCCNCCNc1ccc(NCCNCCC)c2c1C(=O)c1c(O)ccc(O)c1C2=O. The molecule has 3 rings (SSSR count). The summed E-state index contributed by atoms with van der Waals surface area (Å²) in [5.74, 6) is -1.61. The Balaban J connectivity index is 1.97. The van der Waals surface area contributed by atoms with Crippen LogP contribution in [0.5, 0.6) is 11.5 Å². The Hall–Kier alpha value is -3.10. The molecule has 1 aliphatic rings. The molecule has 32 heavy (non-hydrogen) atoms. The maximum absolute atomic E-state index is 13.4. The van der Waals surface area contributed by atoms with E-state index in [1.54, 1.807) is 12.1 Å². The van der Waals surface area contributed by atoms with Gasteiger partial charge in [-0.05, 0) is 50.2 Å². The van der Waals surface area contributed by atoms with E-state index in [-0.39, 0.29) is 33.8 Å². The van der Waals surface area contributed by atoms with E-state index >= 15 is 0 Å². The maximum atomic E-state index is 13.4. The van der Waals surface area contributed by atoms with E-state index in [0.717, 1.165) is 25.9 Å². The third-order valence-electron chi connectivity index (χ3n) is 5.36. The molecule has 0 saturated carbocycles. The number of carbonyl (C=O) groups excluding carboxylic acids is 2. The van der Waals surface area contributed by atoms with E-state index in [0.29, 0.717) is 37.6 Å². The zero-order valence-electron chi connectivity index (χ0n) is 18.7. The summed E-state index contributed by atoms with van der Waals surface area (Å²) < 4.78 is 0. The minimum Gasteiger partial charge on any atom is -0.507 e. The predicted octanol–water partition coefficient (Wildman–Crippen LogP) is 2.70. The molecular weight excluding hydrogens is 408 g/mol. The number of ketones is 2. The highest BCUT2D eigenvalue weighted by molar-refractivity contribution is 6.33. The number of phenolic OH excluding ortho intramolecular Hbond substituents is 2. The lowest BCUT2D eigenvalue weighted by atomic mass is 9.81. The minimum atomic E-state index is -0.486. The Morgan fingerprint density at radius 2 is 1.00 bits per heavy atom. The minimum absolute atomic E-state index is 0.156. The van der Waals surface area contributed by atoms with Gasteiger partial charge in [-0.25, -0.2) is 0 Å². The second kappa shape index (κ2) is 11.0. The summed E-state index contributed by atoms with van der Waals surface area (Å²) in [5.41, 5.74) is 1.17. The number of anilines is 2. The zero-order valence-corrected chi connectivity index (χ0v) is 18.7. The number of benzene rings is 2. The molecule has 0 fully saturated rings. The van der Waals surface area contributed by atoms with Crippen LogP contribution in [0.15, 0.2) is 24.3 Å². The van der Waals surface area contributed by atoms with Gasteiger partial charge >= 0.3 is 0 Å². The first kappa shape index (κ1) is 23.6. The quantitative estimate of drug-likeness (QED) is 0.188. The molecule has 0 aromatic heterocycles. The molecule has 0 heterocycles. The van der Waals surface area contributed by atoms with Crippen LogP contribution in [0.1, 0.15) is 58.5 Å². The van der Waals surface area contributed by atoms with Gasteiger partial charge in [0.1, 0.15) is 11.5 Å². The van der Waals surface area contributed by atoms with Gasteiger partial charge in [0.05, 0.1) is 22.3 Å². The van der Waals surface area contributed by atoms with Crippen molar-refractivity contribution in [2.45, 2.75) is 26.7 Å². The van der Waals surface area contributed by atoms with Crippen molar-refractivity contribution in [3.63, 3.8) is 0 Å². The first-order chi connectivity index (χ1) is 15.5. The molecule has 0 aliphatic heterocycles. The second-order valence-electron chi connectivity index (χ2n) is 7.78. The first-order valence-electron chi connectivity index (χ1n) is 11.2. The van der Waals surface area contributed by atoms with E-state index < -0.39 is 11.6 Å². The number of fused-ring (bicyclic) bond motifs is 2. The Kier molecular flexibility index (Phi) is 8.08. The van der Waals surface area contributed by atoms with Gasteiger partial charge in [0.2, 0.25) is 11.6 Å². The molecular formula is C24H32N4O4. The highest BCUT2D eigenvalue weighted by Gasteiger charge is 2.37. The van der Waals surface area contributed by atoms with Crippen molar-refractivity contribution in [3.05, 3.63) is 46.5 Å². The lowest BCUT2D eigenvalue weighted by molar-refractivity contribution is 0.0975. The normalized spacial score (nSPS) is 12.4. The fraction of sp³-hybridized carbons (Fsp3) is 0.417. The molecule has 0 radical (unpaired) electrons. The van der Waals surface area contributed by atoms with Gasteiger partial charge in [-0.1, -0.05) is 13.8 Å². The number of rotatable bonds is 12. The Morgan fingerprint density at radius 3 is 1.38 bits per heavy atom. The van der Waals surface area contributed by atoms with Crippen molar-refractivity contribution < 1.29 is 19.8 Å². The van der Waals surface area contributed by atoms with Gasteiger partial charge in [0.25, 0.3) is 0 Å². The van der Waals surface area contributed by atoms with Gasteiger partial charge in [-0.2, -0.15) is 0 Å². The first-order valence-corrected chi connectivity index (χ1v) is 11.2. The van der Waals surface area contributed by atoms with E-state index in [2.05, 4.69) is 35.1 Å². The number of aromatic hydroxyl groups is 2. The van der Waals surface area contributed by atoms with Crippen LogP contribution in [0.4, 0.5) is 11.4 Å². The topological polar surface area (TPSA) is 123 Å². The lowest BCUT2D eigenvalue weighted by Crippen LogP contribution is -2.28. The van der Waals surface area contributed by atoms with Crippen LogP contribution in [0, 0.1) is 0 Å². The highest BCUT2D eigenvalue weighted by Crippen LogP contribution is 2.42. The van der Waals surface area contributed by atoms with Crippen LogP contribution in [0.3, 0.4) is 0 Å². The average molecular weight is 441 g/mol. The van der Waals surface area contributed by atoms with Gasteiger partial charge in [-0.3, -0.25) is 9.59 Å². The number of nitrogens with one attached hydrogen (secondary N) is 4. The lowest BCUT2D eigenvalue weighted by Gasteiger charge is -2.25. The van der Waals surface area contributed by atoms with Crippen LogP contribution >= 0.6 is 0 Å². The summed E-state index contributed by atoms with van der Waals surface area (Å²) in [4.78, 5) is 26.9.